The molecule has 2 aromatic carbocycles. The zero-order valence-electron chi connectivity index (χ0n) is 19.9. The summed E-state index contributed by atoms with van der Waals surface area (Å²) in [4.78, 5) is 30.2. The molecule has 186 valence electrons. The van der Waals surface area contributed by atoms with Crippen molar-refractivity contribution in [2.45, 2.75) is 25.8 Å². The van der Waals surface area contributed by atoms with Crippen LogP contribution in [0.2, 0.25) is 0 Å². The number of ketones is 1. The number of amides is 1. The molecule has 8 heteroatoms. The van der Waals surface area contributed by atoms with Crippen LogP contribution in [0.15, 0.2) is 58.6 Å². The van der Waals surface area contributed by atoms with Crippen LogP contribution in [0.4, 0.5) is 0 Å². The van der Waals surface area contributed by atoms with E-state index in [0.29, 0.717) is 44.2 Å². The van der Waals surface area contributed by atoms with Gasteiger partial charge in [0.2, 0.25) is 0 Å². The third kappa shape index (κ3) is 5.94. The summed E-state index contributed by atoms with van der Waals surface area (Å²) in [5.74, 6) is -0.849. The molecule has 0 saturated carbocycles. The number of halogens is 1. The van der Waals surface area contributed by atoms with Crippen LogP contribution in [0, 0.1) is 0 Å². The van der Waals surface area contributed by atoms with E-state index in [9.17, 15) is 14.7 Å². The second kappa shape index (κ2) is 11.8. The molecule has 2 fully saturated rings. The van der Waals surface area contributed by atoms with Gasteiger partial charge in [-0.05, 0) is 36.2 Å². The maximum Gasteiger partial charge on any atom is 0.295 e. The molecule has 0 spiro atoms. The number of nitrogens with zero attached hydrogens (tertiary/aromatic N) is 2. The van der Waals surface area contributed by atoms with E-state index in [1.807, 2.05) is 30.3 Å². The average molecular weight is 543 g/mol. The van der Waals surface area contributed by atoms with Gasteiger partial charge >= 0.3 is 0 Å². The molecule has 0 bridgehead atoms. The van der Waals surface area contributed by atoms with Crippen molar-refractivity contribution in [3.63, 3.8) is 0 Å². The molecule has 35 heavy (non-hydrogen) atoms. The van der Waals surface area contributed by atoms with Gasteiger partial charge in [0.15, 0.2) is 0 Å². The molecule has 0 aromatic heterocycles. The summed E-state index contributed by atoms with van der Waals surface area (Å²) >= 11 is 3.50. The summed E-state index contributed by atoms with van der Waals surface area (Å²) < 4.78 is 12.0. The summed E-state index contributed by atoms with van der Waals surface area (Å²) in [6.45, 7) is 6.55. The maximum atomic E-state index is 13.3. The Morgan fingerprint density at radius 3 is 2.63 bits per heavy atom. The van der Waals surface area contributed by atoms with Gasteiger partial charge in [0.25, 0.3) is 11.7 Å². The molecule has 1 atom stereocenters. The standard InChI is InChI=1S/C27H31BrN2O5/c1-2-3-14-35-22-9-5-7-20(18-22)25(31)23-24(19-6-4-8-21(28)17-19)30(27(33)26(23)32)11-10-29-12-15-34-16-13-29/h4-9,17-18,24,31H,2-3,10-16H2,1H3/b25-23+. The molecule has 1 N–H and O–H groups in total. The van der Waals surface area contributed by atoms with Crippen LogP contribution in [0.1, 0.15) is 36.9 Å². The molecule has 4 rings (SSSR count). The summed E-state index contributed by atoms with van der Waals surface area (Å²) in [6, 6.07) is 13.9. The molecule has 0 radical (unpaired) electrons. The van der Waals surface area contributed by atoms with Crippen molar-refractivity contribution in [1.29, 1.82) is 0 Å². The summed E-state index contributed by atoms with van der Waals surface area (Å²) in [6.07, 6.45) is 1.94. The summed E-state index contributed by atoms with van der Waals surface area (Å²) in [7, 11) is 0. The van der Waals surface area contributed by atoms with Gasteiger partial charge in [0.1, 0.15) is 11.5 Å². The van der Waals surface area contributed by atoms with Crippen LogP contribution in [0.5, 0.6) is 5.75 Å². The van der Waals surface area contributed by atoms with Crippen molar-refractivity contribution in [3.05, 3.63) is 69.7 Å². The average Bonchev–Trinajstić information content (AvgIpc) is 3.13. The first-order valence-electron chi connectivity index (χ1n) is 12.1. The monoisotopic (exact) mass is 542 g/mol. The molecule has 7 nitrogen and oxygen atoms in total. The third-order valence-corrected chi connectivity index (χ3v) is 6.83. The molecule has 1 unspecified atom stereocenters. The predicted octanol–water partition coefficient (Wildman–Crippen LogP) is 4.38. The Kier molecular flexibility index (Phi) is 8.59. The predicted molar refractivity (Wildman–Crippen MR) is 137 cm³/mol. The Hall–Kier alpha value is -2.68. The fourth-order valence-electron chi connectivity index (χ4n) is 4.43. The van der Waals surface area contributed by atoms with Crippen molar-refractivity contribution in [3.8, 4) is 5.75 Å². The molecular formula is C27H31BrN2O5. The highest BCUT2D eigenvalue weighted by Gasteiger charge is 2.46. The van der Waals surface area contributed by atoms with E-state index in [2.05, 4.69) is 27.8 Å². The smallest absolute Gasteiger partial charge is 0.295 e. The normalized spacial score (nSPS) is 20.4. The van der Waals surface area contributed by atoms with Gasteiger partial charge in [0, 0.05) is 36.2 Å². The minimum Gasteiger partial charge on any atom is -0.507 e. The fourth-order valence-corrected chi connectivity index (χ4v) is 4.85. The fraction of sp³-hybridized carbons (Fsp3) is 0.407. The molecule has 2 heterocycles. The molecule has 2 aromatic rings. The Balaban J connectivity index is 1.69. The SMILES string of the molecule is CCCCOc1cccc(/C(O)=C2\C(=O)C(=O)N(CCN3CCOCC3)C2c2cccc(Br)c2)c1. The number of unbranched alkanes of at least 4 members (excludes halogenated alkanes) is 1. The number of likely N-dealkylation sites (tertiary alicyclic amines) is 1. The Morgan fingerprint density at radius 1 is 1.11 bits per heavy atom. The number of aliphatic hydroxyl groups is 1. The number of benzene rings is 2. The van der Waals surface area contributed by atoms with Gasteiger partial charge in [-0.25, -0.2) is 0 Å². The number of hydrogen-bond acceptors (Lipinski definition) is 6. The number of hydrogen-bond donors (Lipinski definition) is 1. The van der Waals surface area contributed by atoms with Crippen LogP contribution in [0.3, 0.4) is 0 Å². The summed E-state index contributed by atoms with van der Waals surface area (Å²) in [5, 5.41) is 11.3. The number of aliphatic hydroxyl groups excluding tert-OH is 1. The zero-order chi connectivity index (χ0) is 24.8. The third-order valence-electron chi connectivity index (χ3n) is 6.34. The second-order valence-electron chi connectivity index (χ2n) is 8.73. The van der Waals surface area contributed by atoms with Gasteiger partial charge in [0.05, 0.1) is 31.4 Å². The molecule has 2 aliphatic rings. The molecular weight excluding hydrogens is 512 g/mol. The lowest BCUT2D eigenvalue weighted by Crippen LogP contribution is -2.42. The van der Waals surface area contributed by atoms with Crippen molar-refractivity contribution in [2.24, 2.45) is 0 Å². The number of morpholine rings is 1. The van der Waals surface area contributed by atoms with Crippen LogP contribution >= 0.6 is 15.9 Å². The van der Waals surface area contributed by atoms with E-state index in [-0.39, 0.29) is 11.3 Å². The van der Waals surface area contributed by atoms with Crippen molar-refractivity contribution >= 4 is 33.4 Å². The van der Waals surface area contributed by atoms with E-state index >= 15 is 0 Å². The number of ether oxygens (including phenoxy) is 2. The topological polar surface area (TPSA) is 79.3 Å². The molecule has 2 aliphatic heterocycles. The van der Waals surface area contributed by atoms with Crippen LogP contribution in [0.25, 0.3) is 5.76 Å². The number of carbonyl (C=O) groups excluding carboxylic acids is 2. The number of rotatable bonds is 9. The first-order valence-corrected chi connectivity index (χ1v) is 12.9. The highest BCUT2D eigenvalue weighted by atomic mass is 79.9. The second-order valence-corrected chi connectivity index (χ2v) is 9.65. The highest BCUT2D eigenvalue weighted by molar-refractivity contribution is 9.10. The largest absolute Gasteiger partial charge is 0.507 e. The van der Waals surface area contributed by atoms with E-state index in [0.717, 1.165) is 36.0 Å². The van der Waals surface area contributed by atoms with Crippen molar-refractivity contribution in [2.75, 3.05) is 46.0 Å². The Labute approximate surface area is 214 Å². The van der Waals surface area contributed by atoms with E-state index in [4.69, 9.17) is 9.47 Å². The van der Waals surface area contributed by atoms with E-state index in [1.54, 1.807) is 23.1 Å². The first-order chi connectivity index (χ1) is 17.0. The minimum atomic E-state index is -0.682. The van der Waals surface area contributed by atoms with Gasteiger partial charge in [-0.1, -0.05) is 53.5 Å². The van der Waals surface area contributed by atoms with Gasteiger partial charge in [-0.3, -0.25) is 14.5 Å². The van der Waals surface area contributed by atoms with Crippen LogP contribution in [-0.4, -0.2) is 72.6 Å². The lowest BCUT2D eigenvalue weighted by Gasteiger charge is -2.31. The quantitative estimate of drug-likeness (QED) is 0.219. The summed E-state index contributed by atoms with van der Waals surface area (Å²) in [5.41, 5.74) is 1.31. The van der Waals surface area contributed by atoms with Crippen LogP contribution < -0.4 is 4.74 Å². The lowest BCUT2D eigenvalue weighted by atomic mass is 9.95. The van der Waals surface area contributed by atoms with Gasteiger partial charge in [-0.2, -0.15) is 0 Å². The highest BCUT2D eigenvalue weighted by Crippen LogP contribution is 2.40. The van der Waals surface area contributed by atoms with Crippen molar-refractivity contribution < 1.29 is 24.2 Å². The molecule has 1 amide bonds. The van der Waals surface area contributed by atoms with E-state index < -0.39 is 17.7 Å². The van der Waals surface area contributed by atoms with Crippen LogP contribution in [-0.2, 0) is 14.3 Å². The maximum absolute atomic E-state index is 13.3. The molecule has 0 aliphatic carbocycles. The minimum absolute atomic E-state index is 0.0979. The van der Waals surface area contributed by atoms with Crippen molar-refractivity contribution in [1.82, 2.24) is 9.80 Å². The number of carbonyl (C=O) groups is 2. The number of Topliss-reactive ketones (excluding diaryl/α,β-unsaturated/α-hetero) is 1. The van der Waals surface area contributed by atoms with Gasteiger partial charge in [-0.15, -0.1) is 0 Å². The lowest BCUT2D eigenvalue weighted by molar-refractivity contribution is -0.140. The Morgan fingerprint density at radius 2 is 1.89 bits per heavy atom. The molecule has 2 saturated heterocycles. The zero-order valence-corrected chi connectivity index (χ0v) is 21.5. The Bertz CT molecular complexity index is 1100. The van der Waals surface area contributed by atoms with E-state index in [1.165, 1.54) is 0 Å². The first kappa shape index (κ1) is 25.4. The van der Waals surface area contributed by atoms with Gasteiger partial charge < -0.3 is 19.5 Å².